The molecule has 1 N–H and O–H groups in total. The normalized spacial score (nSPS) is 10.3. The molecule has 2 rings (SSSR count). The second kappa shape index (κ2) is 5.90. The Balaban J connectivity index is 2.24. The number of carbonyl (C=O) groups excluding carboxylic acids is 1. The average molecular weight is 302 g/mol. The summed E-state index contributed by atoms with van der Waals surface area (Å²) >= 11 is 11.7. The average Bonchev–Trinajstić information content (AvgIpc) is 2.91. The first-order chi connectivity index (χ1) is 9.11. The van der Waals surface area contributed by atoms with Crippen LogP contribution < -0.4 is 5.32 Å². The van der Waals surface area contributed by atoms with E-state index in [1.54, 1.807) is 18.4 Å². The highest BCUT2D eigenvalue weighted by Crippen LogP contribution is 2.25. The highest BCUT2D eigenvalue weighted by molar-refractivity contribution is 6.36. The van der Waals surface area contributed by atoms with Gasteiger partial charge in [0.1, 0.15) is 10.8 Å². The fourth-order valence-electron chi connectivity index (χ4n) is 1.35. The van der Waals surface area contributed by atoms with E-state index in [9.17, 15) is 4.79 Å². The van der Waals surface area contributed by atoms with E-state index in [4.69, 9.17) is 27.6 Å². The summed E-state index contributed by atoms with van der Waals surface area (Å²) in [5.74, 6) is 0.235. The number of esters is 1. The number of hydrogen-bond acceptors (Lipinski definition) is 6. The summed E-state index contributed by atoms with van der Waals surface area (Å²) in [4.78, 5) is 19.1. The third-order valence-corrected chi connectivity index (χ3v) is 2.74. The van der Waals surface area contributed by atoms with Crippen molar-refractivity contribution in [3.05, 3.63) is 40.2 Å². The van der Waals surface area contributed by atoms with Crippen LogP contribution in [0.5, 0.6) is 0 Å². The van der Waals surface area contributed by atoms with E-state index in [0.717, 1.165) is 0 Å². The minimum atomic E-state index is -0.685. The van der Waals surface area contributed by atoms with E-state index < -0.39 is 5.97 Å². The summed E-state index contributed by atoms with van der Waals surface area (Å²) in [6.45, 7) is 0.348. The molecule has 0 atom stereocenters. The lowest BCUT2D eigenvalue weighted by Crippen LogP contribution is -2.10. The van der Waals surface area contributed by atoms with Crippen molar-refractivity contribution in [2.24, 2.45) is 0 Å². The van der Waals surface area contributed by atoms with Gasteiger partial charge in [-0.25, -0.2) is 9.78 Å². The Labute approximate surface area is 118 Å². The molecule has 100 valence electrons. The Hall–Kier alpha value is -1.79. The highest BCUT2D eigenvalue weighted by atomic mass is 35.5. The topological polar surface area (TPSA) is 77.2 Å². The van der Waals surface area contributed by atoms with Crippen molar-refractivity contribution < 1.29 is 13.9 Å². The molecular formula is C11H9Cl2N3O3. The number of ether oxygens (including phenoxy) is 1. The van der Waals surface area contributed by atoms with Crippen LogP contribution >= 0.6 is 23.2 Å². The minimum Gasteiger partial charge on any atom is -0.467 e. The standard InChI is InChI=1S/C11H9Cl2N3O3/c1-18-10(17)8-7(12)9(16-11(13)15-8)14-5-6-3-2-4-19-6/h2-4H,5H2,1H3,(H,14,15,16). The largest absolute Gasteiger partial charge is 0.467 e. The lowest BCUT2D eigenvalue weighted by molar-refractivity contribution is 0.0594. The van der Waals surface area contributed by atoms with Crippen LogP contribution in [0, 0.1) is 0 Å². The van der Waals surface area contributed by atoms with Gasteiger partial charge in [0, 0.05) is 0 Å². The van der Waals surface area contributed by atoms with Gasteiger partial charge in [0.25, 0.3) is 0 Å². The Morgan fingerprint density at radius 2 is 2.26 bits per heavy atom. The smallest absolute Gasteiger partial charge is 0.358 e. The van der Waals surface area contributed by atoms with Crippen LogP contribution in [-0.2, 0) is 11.3 Å². The summed E-state index contributed by atoms with van der Waals surface area (Å²) in [6.07, 6.45) is 1.55. The summed E-state index contributed by atoms with van der Waals surface area (Å²) in [5, 5.41) is 2.85. The first kappa shape index (κ1) is 13.6. The van der Waals surface area contributed by atoms with Gasteiger partial charge in [-0.2, -0.15) is 4.98 Å². The van der Waals surface area contributed by atoms with Gasteiger partial charge in [0.2, 0.25) is 5.28 Å². The van der Waals surface area contributed by atoms with Crippen molar-refractivity contribution in [3.63, 3.8) is 0 Å². The zero-order chi connectivity index (χ0) is 13.8. The predicted octanol–water partition coefficient (Wildman–Crippen LogP) is 2.78. The van der Waals surface area contributed by atoms with Gasteiger partial charge in [-0.05, 0) is 23.7 Å². The van der Waals surface area contributed by atoms with Crippen LogP contribution in [0.1, 0.15) is 16.2 Å². The van der Waals surface area contributed by atoms with Gasteiger partial charge in [-0.3, -0.25) is 0 Å². The molecule has 19 heavy (non-hydrogen) atoms. The molecule has 0 unspecified atom stereocenters. The number of hydrogen-bond donors (Lipinski definition) is 1. The van der Waals surface area contributed by atoms with Crippen molar-refractivity contribution in [1.29, 1.82) is 0 Å². The zero-order valence-electron chi connectivity index (χ0n) is 9.81. The van der Waals surface area contributed by atoms with Gasteiger partial charge >= 0.3 is 5.97 Å². The van der Waals surface area contributed by atoms with E-state index in [0.29, 0.717) is 12.3 Å². The van der Waals surface area contributed by atoms with Gasteiger partial charge in [-0.1, -0.05) is 11.6 Å². The number of methoxy groups -OCH3 is 1. The zero-order valence-corrected chi connectivity index (χ0v) is 11.3. The third-order valence-electron chi connectivity index (χ3n) is 2.21. The number of nitrogens with zero attached hydrogens (tertiary/aromatic N) is 2. The number of aromatic nitrogens is 2. The molecular weight excluding hydrogens is 293 g/mol. The van der Waals surface area contributed by atoms with Gasteiger partial charge in [0.15, 0.2) is 11.5 Å². The number of anilines is 1. The Morgan fingerprint density at radius 3 is 2.89 bits per heavy atom. The SMILES string of the molecule is COC(=O)c1nc(Cl)nc(NCc2ccco2)c1Cl. The monoisotopic (exact) mass is 301 g/mol. The fourth-order valence-corrected chi connectivity index (χ4v) is 1.75. The van der Waals surface area contributed by atoms with Crippen LogP contribution in [0.2, 0.25) is 10.3 Å². The van der Waals surface area contributed by atoms with E-state index in [1.165, 1.54) is 7.11 Å². The molecule has 0 fully saturated rings. The Morgan fingerprint density at radius 1 is 1.47 bits per heavy atom. The predicted molar refractivity (Wildman–Crippen MR) is 69.4 cm³/mol. The Kier molecular flexibility index (Phi) is 4.24. The molecule has 0 saturated heterocycles. The number of halogens is 2. The number of carbonyl (C=O) groups is 1. The summed E-state index contributed by atoms with van der Waals surface area (Å²) in [5.41, 5.74) is -0.0916. The molecule has 0 radical (unpaired) electrons. The number of nitrogens with one attached hydrogen (secondary N) is 1. The van der Waals surface area contributed by atoms with E-state index >= 15 is 0 Å². The molecule has 0 aliphatic rings. The second-order valence-corrected chi connectivity index (χ2v) is 4.14. The van der Waals surface area contributed by atoms with Crippen LogP contribution in [0.25, 0.3) is 0 Å². The molecule has 0 aliphatic heterocycles. The van der Waals surface area contributed by atoms with Crippen molar-refractivity contribution >= 4 is 35.0 Å². The first-order valence-electron chi connectivity index (χ1n) is 5.19. The molecule has 0 saturated carbocycles. The van der Waals surface area contributed by atoms with E-state index in [2.05, 4.69) is 20.0 Å². The van der Waals surface area contributed by atoms with Crippen molar-refractivity contribution in [2.45, 2.75) is 6.54 Å². The molecule has 0 amide bonds. The van der Waals surface area contributed by atoms with Crippen LogP contribution in [0.4, 0.5) is 5.82 Å². The number of rotatable bonds is 4. The summed E-state index contributed by atoms with van der Waals surface area (Å²) in [7, 11) is 1.23. The molecule has 2 aromatic heterocycles. The maximum Gasteiger partial charge on any atom is 0.358 e. The maximum absolute atomic E-state index is 11.5. The summed E-state index contributed by atoms with van der Waals surface area (Å²) in [6, 6.07) is 3.54. The lowest BCUT2D eigenvalue weighted by atomic mass is 10.3. The number of furan rings is 1. The molecule has 0 spiro atoms. The van der Waals surface area contributed by atoms with Gasteiger partial charge in [0.05, 0.1) is 19.9 Å². The minimum absolute atomic E-state index is 0.0443. The van der Waals surface area contributed by atoms with Crippen molar-refractivity contribution in [3.8, 4) is 0 Å². The van der Waals surface area contributed by atoms with E-state index in [1.807, 2.05) is 0 Å². The molecule has 6 nitrogen and oxygen atoms in total. The fraction of sp³-hybridized carbons (Fsp3) is 0.182. The first-order valence-corrected chi connectivity index (χ1v) is 5.95. The molecule has 0 bridgehead atoms. The maximum atomic E-state index is 11.5. The van der Waals surface area contributed by atoms with Crippen LogP contribution in [-0.4, -0.2) is 23.0 Å². The quantitative estimate of drug-likeness (QED) is 0.691. The van der Waals surface area contributed by atoms with Crippen molar-refractivity contribution in [2.75, 3.05) is 12.4 Å². The molecule has 8 heteroatoms. The van der Waals surface area contributed by atoms with Crippen LogP contribution in [0.3, 0.4) is 0 Å². The van der Waals surface area contributed by atoms with Gasteiger partial charge < -0.3 is 14.5 Å². The Bertz CT molecular complexity index is 587. The highest BCUT2D eigenvalue weighted by Gasteiger charge is 2.19. The molecule has 2 aromatic rings. The van der Waals surface area contributed by atoms with Crippen molar-refractivity contribution in [1.82, 2.24) is 9.97 Å². The van der Waals surface area contributed by atoms with Gasteiger partial charge in [-0.15, -0.1) is 0 Å². The second-order valence-electron chi connectivity index (χ2n) is 3.43. The molecule has 0 aromatic carbocycles. The lowest BCUT2D eigenvalue weighted by Gasteiger charge is -2.08. The molecule has 0 aliphatic carbocycles. The third kappa shape index (κ3) is 3.15. The van der Waals surface area contributed by atoms with Crippen LogP contribution in [0.15, 0.2) is 22.8 Å². The van der Waals surface area contributed by atoms with E-state index in [-0.39, 0.29) is 21.8 Å². The molecule has 2 heterocycles. The summed E-state index contributed by atoms with van der Waals surface area (Å²) < 4.78 is 9.71.